The number of hydrogen-bond acceptors (Lipinski definition) is 2. The van der Waals surface area contributed by atoms with Crippen molar-refractivity contribution in [3.8, 4) is 0 Å². The van der Waals surface area contributed by atoms with Gasteiger partial charge in [-0.2, -0.15) is 0 Å². The summed E-state index contributed by atoms with van der Waals surface area (Å²) in [7, 11) is 0. The number of nitrogens with one attached hydrogen (secondary N) is 1. The van der Waals surface area contributed by atoms with Crippen molar-refractivity contribution in [1.82, 2.24) is 5.32 Å². The summed E-state index contributed by atoms with van der Waals surface area (Å²) in [5, 5.41) is 3.03. The largest absolute Gasteiger partial charge is 0.403 e. The molecule has 0 amide bonds. The van der Waals surface area contributed by atoms with E-state index in [1.54, 1.807) is 6.20 Å². The number of hydrogen-bond donors (Lipinski definition) is 2. The van der Waals surface area contributed by atoms with Gasteiger partial charge in [0.15, 0.2) is 0 Å². The normalized spacial score (nSPS) is 10.1. The van der Waals surface area contributed by atoms with E-state index in [2.05, 4.69) is 12.2 Å². The van der Waals surface area contributed by atoms with E-state index in [-0.39, 0.29) is 0 Å². The van der Waals surface area contributed by atoms with Crippen molar-refractivity contribution < 1.29 is 0 Å². The molecule has 0 unspecified atom stereocenters. The van der Waals surface area contributed by atoms with Gasteiger partial charge in [0.05, 0.1) is 0 Å². The molecule has 0 bridgehead atoms. The minimum Gasteiger partial charge on any atom is -0.403 e. The van der Waals surface area contributed by atoms with E-state index in [1.165, 1.54) is 19.0 Å². The second-order valence-electron chi connectivity index (χ2n) is 1.67. The summed E-state index contributed by atoms with van der Waals surface area (Å²) in [5.74, 6) is 0. The number of unbranched alkanes of at least 4 members (excludes halogenated alkanes) is 1. The predicted octanol–water partition coefficient (Wildman–Crippen LogP) is 0.806. The van der Waals surface area contributed by atoms with Gasteiger partial charge in [-0.25, -0.2) is 0 Å². The molecule has 0 aromatic heterocycles. The minimum absolute atomic E-state index is 1.03. The van der Waals surface area contributed by atoms with Crippen LogP contribution in [0.25, 0.3) is 0 Å². The highest BCUT2D eigenvalue weighted by Gasteiger charge is 1.75. The van der Waals surface area contributed by atoms with Crippen LogP contribution in [0, 0.1) is 0 Å². The molecule has 48 valence electrons. The van der Waals surface area contributed by atoms with E-state index in [0.29, 0.717) is 0 Å². The molecule has 0 aliphatic carbocycles. The third-order valence-electron chi connectivity index (χ3n) is 0.889. The fraction of sp³-hybridized carbons (Fsp3) is 0.667. The van der Waals surface area contributed by atoms with Crippen LogP contribution in [0.4, 0.5) is 0 Å². The Morgan fingerprint density at radius 2 is 2.38 bits per heavy atom. The Morgan fingerprint density at radius 1 is 1.62 bits per heavy atom. The zero-order chi connectivity index (χ0) is 6.24. The zero-order valence-electron chi connectivity index (χ0n) is 5.35. The Hall–Kier alpha value is -0.660. The Bertz CT molecular complexity index is 59.5. The van der Waals surface area contributed by atoms with Crippen LogP contribution in [0.1, 0.15) is 19.8 Å². The summed E-state index contributed by atoms with van der Waals surface area (Å²) in [4.78, 5) is 0. The number of rotatable bonds is 4. The first-order valence-corrected chi connectivity index (χ1v) is 3.02. The molecule has 2 heteroatoms. The molecule has 0 aromatic rings. The third-order valence-corrected chi connectivity index (χ3v) is 0.889. The topological polar surface area (TPSA) is 38.0 Å². The molecule has 0 atom stereocenters. The molecule has 0 radical (unpaired) electrons. The molecule has 0 aliphatic rings. The van der Waals surface area contributed by atoms with Crippen LogP contribution < -0.4 is 11.1 Å². The van der Waals surface area contributed by atoms with Crippen molar-refractivity contribution in [3.63, 3.8) is 0 Å². The average molecular weight is 114 g/mol. The van der Waals surface area contributed by atoms with E-state index < -0.39 is 0 Å². The lowest BCUT2D eigenvalue weighted by molar-refractivity contribution is 0.734. The van der Waals surface area contributed by atoms with Gasteiger partial charge in [-0.1, -0.05) is 13.3 Å². The van der Waals surface area contributed by atoms with Gasteiger partial charge < -0.3 is 11.1 Å². The Balaban J connectivity index is 2.72. The van der Waals surface area contributed by atoms with Gasteiger partial charge in [-0.15, -0.1) is 0 Å². The van der Waals surface area contributed by atoms with Gasteiger partial charge >= 0.3 is 0 Å². The SMILES string of the molecule is CCCCN/C=C\N. The van der Waals surface area contributed by atoms with Crippen LogP contribution in [0.2, 0.25) is 0 Å². The lowest BCUT2D eigenvalue weighted by atomic mass is 10.3. The average Bonchev–Trinajstić information content (AvgIpc) is 1.81. The lowest BCUT2D eigenvalue weighted by Crippen LogP contribution is -2.06. The van der Waals surface area contributed by atoms with E-state index in [0.717, 1.165) is 6.54 Å². The molecule has 3 N–H and O–H groups in total. The quantitative estimate of drug-likeness (QED) is 0.531. The first-order valence-electron chi connectivity index (χ1n) is 3.02. The van der Waals surface area contributed by atoms with Crippen molar-refractivity contribution in [2.45, 2.75) is 19.8 Å². The number of nitrogens with two attached hydrogens (primary N) is 1. The van der Waals surface area contributed by atoms with E-state index >= 15 is 0 Å². The van der Waals surface area contributed by atoms with Crippen LogP contribution in [-0.4, -0.2) is 6.54 Å². The van der Waals surface area contributed by atoms with Gasteiger partial charge in [-0.3, -0.25) is 0 Å². The molecular weight excluding hydrogens is 100 g/mol. The van der Waals surface area contributed by atoms with Gasteiger partial charge in [0.1, 0.15) is 0 Å². The highest BCUT2D eigenvalue weighted by Crippen LogP contribution is 1.80. The fourth-order valence-corrected chi connectivity index (χ4v) is 0.430. The maximum absolute atomic E-state index is 5.07. The maximum atomic E-state index is 5.07. The highest BCUT2D eigenvalue weighted by atomic mass is 14.8. The Labute approximate surface area is 50.8 Å². The minimum atomic E-state index is 1.03. The molecule has 0 rings (SSSR count). The van der Waals surface area contributed by atoms with Gasteiger partial charge in [0.2, 0.25) is 0 Å². The van der Waals surface area contributed by atoms with Crippen molar-refractivity contribution in [1.29, 1.82) is 0 Å². The van der Waals surface area contributed by atoms with Crippen molar-refractivity contribution in [2.75, 3.05) is 6.54 Å². The van der Waals surface area contributed by atoms with E-state index in [1.807, 2.05) is 0 Å². The molecule has 0 saturated carbocycles. The monoisotopic (exact) mass is 114 g/mol. The van der Waals surface area contributed by atoms with Gasteiger partial charge in [0.25, 0.3) is 0 Å². The van der Waals surface area contributed by atoms with Crippen LogP contribution in [0.5, 0.6) is 0 Å². The second kappa shape index (κ2) is 6.34. The fourth-order valence-electron chi connectivity index (χ4n) is 0.430. The summed E-state index contributed by atoms with van der Waals surface area (Å²) < 4.78 is 0. The lowest BCUT2D eigenvalue weighted by Gasteiger charge is -1.94. The smallest absolute Gasteiger partial charge is 0.0141 e. The third kappa shape index (κ3) is 5.34. The first-order chi connectivity index (χ1) is 3.91. The van der Waals surface area contributed by atoms with Crippen molar-refractivity contribution in [3.05, 3.63) is 12.4 Å². The molecule has 2 nitrogen and oxygen atoms in total. The summed E-state index contributed by atoms with van der Waals surface area (Å²) in [6.45, 7) is 3.19. The molecule has 0 heterocycles. The van der Waals surface area contributed by atoms with E-state index in [4.69, 9.17) is 5.73 Å². The summed E-state index contributed by atoms with van der Waals surface area (Å²) in [5.41, 5.74) is 5.07. The molecule has 0 spiro atoms. The Morgan fingerprint density at radius 3 is 2.88 bits per heavy atom. The highest BCUT2D eigenvalue weighted by molar-refractivity contribution is 4.71. The van der Waals surface area contributed by atoms with Gasteiger partial charge in [-0.05, 0) is 6.42 Å². The van der Waals surface area contributed by atoms with Crippen molar-refractivity contribution >= 4 is 0 Å². The molecule has 0 saturated heterocycles. The van der Waals surface area contributed by atoms with E-state index in [9.17, 15) is 0 Å². The second-order valence-corrected chi connectivity index (χ2v) is 1.67. The van der Waals surface area contributed by atoms with Crippen molar-refractivity contribution in [2.24, 2.45) is 5.73 Å². The molecular formula is C6H14N2. The molecule has 0 aliphatic heterocycles. The molecule has 8 heavy (non-hydrogen) atoms. The first kappa shape index (κ1) is 7.34. The zero-order valence-corrected chi connectivity index (χ0v) is 5.35. The van der Waals surface area contributed by atoms with Crippen LogP contribution in [-0.2, 0) is 0 Å². The van der Waals surface area contributed by atoms with Crippen LogP contribution >= 0.6 is 0 Å². The van der Waals surface area contributed by atoms with Gasteiger partial charge in [0, 0.05) is 18.9 Å². The summed E-state index contributed by atoms with van der Waals surface area (Å²) >= 11 is 0. The van der Waals surface area contributed by atoms with Crippen LogP contribution in [0.15, 0.2) is 12.4 Å². The Kier molecular flexibility index (Phi) is 5.82. The summed E-state index contributed by atoms with van der Waals surface area (Å²) in [6, 6.07) is 0. The van der Waals surface area contributed by atoms with Crippen LogP contribution in [0.3, 0.4) is 0 Å². The maximum Gasteiger partial charge on any atom is 0.0141 e. The molecule has 0 aromatic carbocycles. The standard InChI is InChI=1S/C6H14N2/c1-2-3-5-8-6-4-7/h4,6,8H,2-3,5,7H2,1H3/b6-4-. The predicted molar refractivity (Wildman–Crippen MR) is 36.2 cm³/mol. The molecule has 0 fully saturated rings. The summed E-state index contributed by atoms with van der Waals surface area (Å²) in [6.07, 6.45) is 5.71.